The van der Waals surface area contributed by atoms with Gasteiger partial charge in [0.1, 0.15) is 11.8 Å². The van der Waals surface area contributed by atoms with Gasteiger partial charge in [0.2, 0.25) is 0 Å². The van der Waals surface area contributed by atoms with Crippen LogP contribution in [0.1, 0.15) is 37.3 Å². The van der Waals surface area contributed by atoms with Crippen molar-refractivity contribution in [2.24, 2.45) is 0 Å². The lowest BCUT2D eigenvalue weighted by atomic mass is 9.89. The maximum atomic E-state index is 9.09. The molecule has 1 aliphatic carbocycles. The number of nitriles is 1. The molecule has 1 aromatic carbocycles. The van der Waals surface area contributed by atoms with E-state index in [0.717, 1.165) is 42.8 Å². The summed E-state index contributed by atoms with van der Waals surface area (Å²) >= 11 is 6.25. The van der Waals surface area contributed by atoms with Crippen molar-refractivity contribution in [3.05, 3.63) is 58.9 Å². The van der Waals surface area contributed by atoms with Crippen LogP contribution >= 0.6 is 11.6 Å². The van der Waals surface area contributed by atoms with Gasteiger partial charge in [-0.2, -0.15) is 5.26 Å². The van der Waals surface area contributed by atoms with E-state index < -0.39 is 0 Å². The second-order valence-electron chi connectivity index (χ2n) is 6.30. The van der Waals surface area contributed by atoms with Gasteiger partial charge in [0.15, 0.2) is 0 Å². The van der Waals surface area contributed by atoms with Crippen LogP contribution in [0, 0.1) is 11.3 Å². The smallest absolute Gasteiger partial charge is 0.144 e. The van der Waals surface area contributed by atoms with Crippen LogP contribution in [-0.2, 0) is 0 Å². The zero-order chi connectivity index (χ0) is 18.5. The molecule has 0 saturated carbocycles. The van der Waals surface area contributed by atoms with Crippen LogP contribution in [0.3, 0.4) is 0 Å². The van der Waals surface area contributed by atoms with Gasteiger partial charge in [-0.3, -0.25) is 4.98 Å². The summed E-state index contributed by atoms with van der Waals surface area (Å²) in [6, 6.07) is 10.2. The first-order valence-electron chi connectivity index (χ1n) is 8.81. The summed E-state index contributed by atoms with van der Waals surface area (Å²) in [5.74, 6) is 0.809. The van der Waals surface area contributed by atoms with Crippen molar-refractivity contribution in [1.29, 1.82) is 5.26 Å². The molecule has 0 radical (unpaired) electrons. The van der Waals surface area contributed by atoms with Crippen LogP contribution in [-0.4, -0.2) is 24.7 Å². The molecule has 5 heteroatoms. The SMILES string of the molecule is CCN(c1ccc(C#N)c(Cl)c1)C1CCC=C(c2ccncc2OC)C1. The van der Waals surface area contributed by atoms with Crippen LogP contribution in [0.2, 0.25) is 5.02 Å². The fraction of sp³-hybridized carbons (Fsp3) is 0.333. The average molecular weight is 368 g/mol. The van der Waals surface area contributed by atoms with Crippen LogP contribution < -0.4 is 9.64 Å². The normalized spacial score (nSPS) is 16.5. The molecular formula is C21H22ClN3O. The van der Waals surface area contributed by atoms with E-state index in [4.69, 9.17) is 21.6 Å². The number of hydrogen-bond acceptors (Lipinski definition) is 4. The van der Waals surface area contributed by atoms with E-state index in [-0.39, 0.29) is 0 Å². The number of rotatable bonds is 5. The van der Waals surface area contributed by atoms with Gasteiger partial charge in [0, 0.05) is 30.0 Å². The van der Waals surface area contributed by atoms with E-state index in [2.05, 4.69) is 29.0 Å². The molecule has 1 unspecified atom stereocenters. The van der Waals surface area contributed by atoms with Crippen LogP contribution in [0.4, 0.5) is 5.69 Å². The molecule has 2 aromatic rings. The molecule has 0 saturated heterocycles. The number of nitrogens with zero attached hydrogens (tertiary/aromatic N) is 3. The molecule has 0 amide bonds. The van der Waals surface area contributed by atoms with Crippen molar-refractivity contribution < 1.29 is 4.74 Å². The van der Waals surface area contributed by atoms with Gasteiger partial charge in [-0.1, -0.05) is 17.7 Å². The van der Waals surface area contributed by atoms with Crippen LogP contribution in [0.15, 0.2) is 42.7 Å². The Morgan fingerprint density at radius 3 is 2.92 bits per heavy atom. The first-order valence-corrected chi connectivity index (χ1v) is 9.19. The van der Waals surface area contributed by atoms with E-state index in [9.17, 15) is 0 Å². The summed E-state index contributed by atoms with van der Waals surface area (Å²) in [5.41, 5.74) is 3.97. The lowest BCUT2D eigenvalue weighted by Gasteiger charge is -2.36. The van der Waals surface area contributed by atoms with Crippen molar-refractivity contribution in [3.63, 3.8) is 0 Å². The van der Waals surface area contributed by atoms with Crippen LogP contribution in [0.25, 0.3) is 5.57 Å². The fourth-order valence-electron chi connectivity index (χ4n) is 3.61. The van der Waals surface area contributed by atoms with Crippen molar-refractivity contribution in [2.75, 3.05) is 18.6 Å². The summed E-state index contributed by atoms with van der Waals surface area (Å²) in [6.45, 7) is 3.03. The number of pyridine rings is 1. The Balaban J connectivity index is 1.86. The maximum Gasteiger partial charge on any atom is 0.144 e. The zero-order valence-electron chi connectivity index (χ0n) is 15.1. The Bertz CT molecular complexity index is 857. The largest absolute Gasteiger partial charge is 0.495 e. The molecule has 0 N–H and O–H groups in total. The molecule has 3 rings (SSSR count). The Morgan fingerprint density at radius 1 is 1.38 bits per heavy atom. The summed E-state index contributed by atoms with van der Waals surface area (Å²) in [5, 5.41) is 9.60. The second kappa shape index (κ2) is 8.25. The van der Waals surface area contributed by atoms with Crippen molar-refractivity contribution >= 4 is 22.9 Å². The molecule has 0 aliphatic heterocycles. The molecule has 0 fully saturated rings. The highest BCUT2D eigenvalue weighted by Crippen LogP contribution is 2.36. The van der Waals surface area contributed by atoms with Crippen molar-refractivity contribution in [2.45, 2.75) is 32.2 Å². The highest BCUT2D eigenvalue weighted by molar-refractivity contribution is 6.32. The number of allylic oxidation sites excluding steroid dienone is 1. The minimum atomic E-state index is 0.377. The minimum absolute atomic E-state index is 0.377. The molecule has 0 bridgehead atoms. The average Bonchev–Trinajstić information content (AvgIpc) is 2.69. The molecule has 4 nitrogen and oxygen atoms in total. The van der Waals surface area contributed by atoms with Crippen LogP contribution in [0.5, 0.6) is 5.75 Å². The number of methoxy groups -OCH3 is 1. The predicted octanol–water partition coefficient (Wildman–Crippen LogP) is 5.08. The Hall–Kier alpha value is -2.51. The summed E-state index contributed by atoms with van der Waals surface area (Å²) in [7, 11) is 1.68. The fourth-order valence-corrected chi connectivity index (χ4v) is 3.83. The standard InChI is InChI=1S/C21H22ClN3O/c1-3-25(18-8-7-16(13-23)20(22)12-18)17-6-4-5-15(11-17)19-9-10-24-14-21(19)26-2/h5,7-10,12,14,17H,3-4,6,11H2,1-2H3. The van der Waals surface area contributed by atoms with E-state index >= 15 is 0 Å². The molecule has 1 aliphatic rings. The molecular weight excluding hydrogens is 346 g/mol. The minimum Gasteiger partial charge on any atom is -0.495 e. The van der Waals surface area contributed by atoms with E-state index in [1.807, 2.05) is 18.2 Å². The van der Waals surface area contributed by atoms with Gasteiger partial charge in [-0.05, 0) is 56.0 Å². The lowest BCUT2D eigenvalue weighted by Crippen LogP contribution is -2.36. The number of aromatic nitrogens is 1. The van der Waals surface area contributed by atoms with Crippen molar-refractivity contribution in [1.82, 2.24) is 4.98 Å². The first-order chi connectivity index (χ1) is 12.7. The Morgan fingerprint density at radius 2 is 2.23 bits per heavy atom. The van der Waals surface area contributed by atoms with E-state index in [1.54, 1.807) is 25.6 Å². The number of anilines is 1. The molecule has 1 aromatic heterocycles. The summed E-state index contributed by atoms with van der Waals surface area (Å²) < 4.78 is 5.48. The summed E-state index contributed by atoms with van der Waals surface area (Å²) in [6.07, 6.45) is 8.91. The van der Waals surface area contributed by atoms with E-state index in [0.29, 0.717) is 16.6 Å². The predicted molar refractivity (Wildman–Crippen MR) is 106 cm³/mol. The topological polar surface area (TPSA) is 49.2 Å². The third-order valence-corrected chi connectivity index (χ3v) is 5.20. The third-order valence-electron chi connectivity index (χ3n) is 4.88. The highest BCUT2D eigenvalue weighted by Gasteiger charge is 2.24. The molecule has 26 heavy (non-hydrogen) atoms. The third kappa shape index (κ3) is 3.68. The van der Waals surface area contributed by atoms with Gasteiger partial charge < -0.3 is 9.64 Å². The van der Waals surface area contributed by atoms with Gasteiger partial charge in [0.25, 0.3) is 0 Å². The monoisotopic (exact) mass is 367 g/mol. The Kier molecular flexibility index (Phi) is 5.80. The number of halogens is 1. The molecule has 1 atom stereocenters. The van der Waals surface area contributed by atoms with Crippen molar-refractivity contribution in [3.8, 4) is 11.8 Å². The molecule has 1 heterocycles. The van der Waals surface area contributed by atoms with Gasteiger partial charge in [-0.25, -0.2) is 0 Å². The maximum absolute atomic E-state index is 9.09. The number of hydrogen-bond donors (Lipinski definition) is 0. The molecule has 0 spiro atoms. The quantitative estimate of drug-likeness (QED) is 0.739. The summed E-state index contributed by atoms with van der Waals surface area (Å²) in [4.78, 5) is 6.52. The number of ether oxygens (including phenoxy) is 1. The number of benzene rings is 1. The van der Waals surface area contributed by atoms with Gasteiger partial charge >= 0.3 is 0 Å². The zero-order valence-corrected chi connectivity index (χ0v) is 15.8. The Labute approximate surface area is 159 Å². The van der Waals surface area contributed by atoms with Gasteiger partial charge in [0.05, 0.1) is 23.9 Å². The van der Waals surface area contributed by atoms with Gasteiger partial charge in [-0.15, -0.1) is 0 Å². The first kappa shape index (κ1) is 18.3. The second-order valence-corrected chi connectivity index (χ2v) is 6.71. The molecule has 134 valence electrons. The van der Waals surface area contributed by atoms with E-state index in [1.165, 1.54) is 5.57 Å². The highest BCUT2D eigenvalue weighted by atomic mass is 35.5. The lowest BCUT2D eigenvalue weighted by molar-refractivity contribution is 0.411.